The summed E-state index contributed by atoms with van der Waals surface area (Å²) in [5.74, 6) is 0.00161. The van der Waals surface area contributed by atoms with Gasteiger partial charge in [-0.1, -0.05) is 17.3 Å². The quantitative estimate of drug-likeness (QED) is 0.836. The maximum absolute atomic E-state index is 12.6. The Kier molecular flexibility index (Phi) is 4.81. The number of rotatable bonds is 5. The van der Waals surface area contributed by atoms with Gasteiger partial charge in [-0.3, -0.25) is 9.59 Å². The summed E-state index contributed by atoms with van der Waals surface area (Å²) in [5, 5.41) is 9.42. The van der Waals surface area contributed by atoms with E-state index in [1.807, 2.05) is 24.3 Å². The summed E-state index contributed by atoms with van der Waals surface area (Å²) in [5.41, 5.74) is 1.75. The first kappa shape index (κ1) is 17.5. The molecule has 2 atom stereocenters. The molecule has 0 bridgehead atoms. The van der Waals surface area contributed by atoms with Crippen LogP contribution in [0.3, 0.4) is 0 Å². The van der Waals surface area contributed by atoms with E-state index in [9.17, 15) is 9.59 Å². The molecule has 0 radical (unpaired) electrons. The molecule has 2 heterocycles. The maximum Gasteiger partial charge on any atom is 0.229 e. The Morgan fingerprint density at radius 1 is 1.11 bits per heavy atom. The molecule has 2 N–H and O–H groups in total. The van der Waals surface area contributed by atoms with Crippen molar-refractivity contribution in [2.75, 3.05) is 41.8 Å². The molecule has 2 amide bonds. The highest BCUT2D eigenvalue weighted by atomic mass is 16.5. The van der Waals surface area contributed by atoms with Gasteiger partial charge in [0.25, 0.3) is 0 Å². The number of aryl methyl sites for hydroxylation is 1. The van der Waals surface area contributed by atoms with Crippen LogP contribution in [0.15, 0.2) is 34.9 Å². The number of anilines is 3. The lowest BCUT2D eigenvalue weighted by Crippen LogP contribution is -2.36. The van der Waals surface area contributed by atoms with Gasteiger partial charge >= 0.3 is 0 Å². The molecule has 8 nitrogen and oxygen atoms in total. The number of morpholine rings is 1. The van der Waals surface area contributed by atoms with Crippen molar-refractivity contribution in [3.8, 4) is 0 Å². The molecule has 142 valence electrons. The average Bonchev–Trinajstić information content (AvgIpc) is 3.39. The van der Waals surface area contributed by atoms with Crippen molar-refractivity contribution in [2.45, 2.75) is 13.3 Å². The first-order valence-electron chi connectivity index (χ1n) is 9.08. The minimum absolute atomic E-state index is 0.132. The number of carbonyl (C=O) groups is 2. The molecule has 8 heteroatoms. The van der Waals surface area contributed by atoms with Gasteiger partial charge in [0.1, 0.15) is 5.76 Å². The summed E-state index contributed by atoms with van der Waals surface area (Å²) >= 11 is 0. The van der Waals surface area contributed by atoms with Crippen molar-refractivity contribution >= 4 is 29.0 Å². The molecule has 27 heavy (non-hydrogen) atoms. The molecule has 1 aromatic carbocycles. The smallest absolute Gasteiger partial charge is 0.229 e. The van der Waals surface area contributed by atoms with E-state index in [1.165, 1.54) is 0 Å². The summed E-state index contributed by atoms with van der Waals surface area (Å²) in [4.78, 5) is 27.1. The van der Waals surface area contributed by atoms with Crippen LogP contribution in [-0.2, 0) is 14.3 Å². The number of hydrogen-bond acceptors (Lipinski definition) is 6. The molecule has 4 rings (SSSR count). The molecule has 2 aromatic rings. The van der Waals surface area contributed by atoms with Crippen LogP contribution in [-0.4, -0.2) is 43.3 Å². The van der Waals surface area contributed by atoms with Gasteiger partial charge in [-0.05, 0) is 25.5 Å². The minimum atomic E-state index is -0.336. The average molecular weight is 370 g/mol. The standard InChI is InChI=1S/C19H22N4O4/c1-12-10-17(22-27-12)21-19(25)14-11-13(14)18(24)20-15-4-2-3-5-16(15)23-6-8-26-9-7-23/h2-5,10,13-14H,6-9,11H2,1H3,(H,20,24)(H,21,22,25). The topological polar surface area (TPSA) is 96.7 Å². The highest BCUT2D eigenvalue weighted by Gasteiger charge is 2.48. The third-order valence-electron chi connectivity index (χ3n) is 4.86. The third-order valence-corrected chi connectivity index (χ3v) is 4.86. The number of aromatic nitrogens is 1. The summed E-state index contributed by atoms with van der Waals surface area (Å²) in [6.07, 6.45) is 0.536. The molecule has 1 aromatic heterocycles. The number of benzene rings is 1. The van der Waals surface area contributed by atoms with E-state index >= 15 is 0 Å². The SMILES string of the molecule is Cc1cc(NC(=O)C2CC2C(=O)Nc2ccccc2N2CCOCC2)no1. The minimum Gasteiger partial charge on any atom is -0.378 e. The van der Waals surface area contributed by atoms with E-state index in [0.29, 0.717) is 31.2 Å². The van der Waals surface area contributed by atoms with Crippen molar-refractivity contribution in [1.29, 1.82) is 0 Å². The van der Waals surface area contributed by atoms with Crippen LogP contribution < -0.4 is 15.5 Å². The third kappa shape index (κ3) is 3.95. The Morgan fingerprint density at radius 2 is 1.81 bits per heavy atom. The summed E-state index contributed by atoms with van der Waals surface area (Å²) in [6.45, 7) is 4.68. The van der Waals surface area contributed by atoms with Gasteiger partial charge < -0.3 is 24.8 Å². The molecule has 2 aliphatic rings. The van der Waals surface area contributed by atoms with E-state index in [2.05, 4.69) is 20.7 Å². The molecule has 0 spiro atoms. The number of nitrogens with one attached hydrogen (secondary N) is 2. The molecule has 1 aliphatic carbocycles. The molecule has 1 saturated heterocycles. The second-order valence-corrected chi connectivity index (χ2v) is 6.87. The van der Waals surface area contributed by atoms with Crippen LogP contribution in [0.25, 0.3) is 0 Å². The summed E-state index contributed by atoms with van der Waals surface area (Å²) < 4.78 is 10.3. The van der Waals surface area contributed by atoms with Crippen molar-refractivity contribution in [1.82, 2.24) is 5.16 Å². The molecule has 2 unspecified atom stereocenters. The lowest BCUT2D eigenvalue weighted by molar-refractivity contribution is -0.122. The lowest BCUT2D eigenvalue weighted by atomic mass is 10.2. The number of ether oxygens (including phenoxy) is 1. The molecule has 1 saturated carbocycles. The van der Waals surface area contributed by atoms with Crippen LogP contribution >= 0.6 is 0 Å². The summed E-state index contributed by atoms with van der Waals surface area (Å²) in [6, 6.07) is 9.37. The van der Waals surface area contributed by atoms with Gasteiger partial charge in [-0.25, -0.2) is 0 Å². The molecule has 1 aliphatic heterocycles. The van der Waals surface area contributed by atoms with Crippen LogP contribution in [0.1, 0.15) is 12.2 Å². The van der Waals surface area contributed by atoms with Gasteiger partial charge in [0.05, 0.1) is 36.4 Å². The van der Waals surface area contributed by atoms with Crippen LogP contribution in [0, 0.1) is 18.8 Å². The zero-order valence-electron chi connectivity index (χ0n) is 15.1. The lowest BCUT2D eigenvalue weighted by Gasteiger charge is -2.30. The van der Waals surface area contributed by atoms with Crippen LogP contribution in [0.5, 0.6) is 0 Å². The predicted molar refractivity (Wildman–Crippen MR) is 99.6 cm³/mol. The van der Waals surface area contributed by atoms with E-state index in [1.54, 1.807) is 13.0 Å². The number of carbonyl (C=O) groups excluding carboxylic acids is 2. The van der Waals surface area contributed by atoms with Gasteiger partial charge in [0.15, 0.2) is 5.82 Å². The Morgan fingerprint density at radius 3 is 2.52 bits per heavy atom. The Hall–Kier alpha value is -2.87. The summed E-state index contributed by atoms with van der Waals surface area (Å²) in [7, 11) is 0. The Bertz CT molecular complexity index is 844. The highest BCUT2D eigenvalue weighted by Crippen LogP contribution is 2.41. The monoisotopic (exact) mass is 370 g/mol. The molecular formula is C19H22N4O4. The Balaban J connectivity index is 1.37. The van der Waals surface area contributed by atoms with Crippen LogP contribution in [0.2, 0.25) is 0 Å². The van der Waals surface area contributed by atoms with Gasteiger partial charge in [-0.15, -0.1) is 0 Å². The zero-order chi connectivity index (χ0) is 18.8. The van der Waals surface area contributed by atoms with E-state index < -0.39 is 0 Å². The number of para-hydroxylation sites is 2. The molecular weight excluding hydrogens is 348 g/mol. The van der Waals surface area contributed by atoms with E-state index in [4.69, 9.17) is 9.26 Å². The van der Waals surface area contributed by atoms with Gasteiger partial charge in [0, 0.05) is 19.2 Å². The van der Waals surface area contributed by atoms with Gasteiger partial charge in [-0.2, -0.15) is 0 Å². The predicted octanol–water partition coefficient (Wildman–Crippen LogP) is 2.03. The van der Waals surface area contributed by atoms with Crippen LogP contribution in [0.4, 0.5) is 17.2 Å². The normalized spacial score (nSPS) is 21.6. The van der Waals surface area contributed by atoms with Crippen molar-refractivity contribution in [3.05, 3.63) is 36.1 Å². The van der Waals surface area contributed by atoms with Crippen molar-refractivity contribution < 1.29 is 18.8 Å². The van der Waals surface area contributed by atoms with E-state index in [-0.39, 0.29) is 23.7 Å². The molecule has 2 fully saturated rings. The number of hydrogen-bond donors (Lipinski definition) is 2. The van der Waals surface area contributed by atoms with Gasteiger partial charge in [0.2, 0.25) is 11.8 Å². The van der Waals surface area contributed by atoms with E-state index in [0.717, 1.165) is 24.5 Å². The first-order valence-corrected chi connectivity index (χ1v) is 9.08. The highest BCUT2D eigenvalue weighted by molar-refractivity contribution is 6.04. The fourth-order valence-corrected chi connectivity index (χ4v) is 3.30. The second kappa shape index (κ2) is 7.40. The fraction of sp³-hybridized carbons (Fsp3) is 0.421. The fourth-order valence-electron chi connectivity index (χ4n) is 3.30. The zero-order valence-corrected chi connectivity index (χ0v) is 15.1. The number of nitrogens with zero attached hydrogens (tertiary/aromatic N) is 2. The van der Waals surface area contributed by atoms with Crippen molar-refractivity contribution in [2.24, 2.45) is 11.8 Å². The largest absolute Gasteiger partial charge is 0.378 e. The Labute approximate surface area is 156 Å². The number of amides is 2. The first-order chi connectivity index (χ1) is 13.1. The van der Waals surface area contributed by atoms with Crippen molar-refractivity contribution in [3.63, 3.8) is 0 Å². The maximum atomic E-state index is 12.6. The second-order valence-electron chi connectivity index (χ2n) is 6.87.